The topological polar surface area (TPSA) is 65.8 Å². The molecule has 0 radical (unpaired) electrons. The largest absolute Gasteiger partial charge is 0.325 e. The Balaban J connectivity index is 1.93. The molecule has 0 aliphatic heterocycles. The van der Waals surface area contributed by atoms with E-state index in [1.165, 1.54) is 11.8 Å². The number of carbonyl (C=O) groups excluding carboxylic acids is 1. The van der Waals surface area contributed by atoms with Crippen molar-refractivity contribution >= 4 is 46.6 Å². The van der Waals surface area contributed by atoms with Crippen LogP contribution in [0.3, 0.4) is 0 Å². The van der Waals surface area contributed by atoms with Gasteiger partial charge in [-0.2, -0.15) is 5.26 Å². The summed E-state index contributed by atoms with van der Waals surface area (Å²) >= 11 is 13.4. The van der Waals surface area contributed by atoms with Gasteiger partial charge < -0.3 is 5.32 Å². The van der Waals surface area contributed by atoms with Crippen molar-refractivity contribution in [1.82, 2.24) is 4.98 Å². The van der Waals surface area contributed by atoms with E-state index in [2.05, 4.69) is 23.3 Å². The summed E-state index contributed by atoms with van der Waals surface area (Å²) in [6.07, 6.45) is 3.32. The number of carbonyl (C=O) groups is 1. The Kier molecular flexibility index (Phi) is 8.24. The minimum absolute atomic E-state index is 0.165. The van der Waals surface area contributed by atoms with Gasteiger partial charge in [-0.15, -0.1) is 11.8 Å². The SMILES string of the molecule is CCCCc1ccc(C#N)c(SCCC(=O)Nc2cc(Cl)ccc2Cl)n1. The van der Waals surface area contributed by atoms with Gasteiger partial charge in [0.15, 0.2) is 0 Å². The van der Waals surface area contributed by atoms with Crippen molar-refractivity contribution in [1.29, 1.82) is 5.26 Å². The summed E-state index contributed by atoms with van der Waals surface area (Å²) in [7, 11) is 0. The number of thioether (sulfide) groups is 1. The van der Waals surface area contributed by atoms with E-state index < -0.39 is 0 Å². The standard InChI is InChI=1S/C19H19Cl2N3OS/c1-2-3-4-15-7-5-13(12-22)19(23-15)26-10-9-18(25)24-17-11-14(20)6-8-16(17)21/h5-8,11H,2-4,9-10H2,1H3,(H,24,25). The lowest BCUT2D eigenvalue weighted by atomic mass is 10.2. The number of aryl methyl sites for hydroxylation is 1. The zero-order valence-corrected chi connectivity index (χ0v) is 16.7. The van der Waals surface area contributed by atoms with E-state index in [0.717, 1.165) is 25.0 Å². The van der Waals surface area contributed by atoms with Crippen molar-refractivity contribution in [2.75, 3.05) is 11.1 Å². The Morgan fingerprint density at radius 2 is 2.12 bits per heavy atom. The molecule has 136 valence electrons. The van der Waals surface area contributed by atoms with Crippen molar-refractivity contribution in [2.45, 2.75) is 37.6 Å². The van der Waals surface area contributed by atoms with E-state index in [0.29, 0.717) is 32.1 Å². The predicted octanol–water partition coefficient (Wildman–Crippen LogP) is 5.72. The van der Waals surface area contributed by atoms with Crippen LogP contribution in [0.5, 0.6) is 0 Å². The summed E-state index contributed by atoms with van der Waals surface area (Å²) in [6.45, 7) is 2.13. The number of anilines is 1. The van der Waals surface area contributed by atoms with Crippen LogP contribution < -0.4 is 5.32 Å². The first kappa shape index (κ1) is 20.6. The first-order valence-electron chi connectivity index (χ1n) is 8.31. The fraction of sp³-hybridized carbons (Fsp3) is 0.316. The second-order valence-corrected chi connectivity index (χ2v) is 7.57. The summed E-state index contributed by atoms with van der Waals surface area (Å²) in [4.78, 5) is 16.7. The van der Waals surface area contributed by atoms with Crippen LogP contribution in [0.25, 0.3) is 0 Å². The van der Waals surface area contributed by atoms with Crippen LogP contribution in [-0.4, -0.2) is 16.6 Å². The van der Waals surface area contributed by atoms with E-state index in [1.807, 2.05) is 6.07 Å². The first-order valence-corrected chi connectivity index (χ1v) is 10.1. The number of hydrogen-bond acceptors (Lipinski definition) is 4. The van der Waals surface area contributed by atoms with Gasteiger partial charge in [-0.1, -0.05) is 36.5 Å². The smallest absolute Gasteiger partial charge is 0.225 e. The monoisotopic (exact) mass is 407 g/mol. The normalized spacial score (nSPS) is 10.4. The zero-order valence-electron chi connectivity index (χ0n) is 14.4. The number of aromatic nitrogens is 1. The second-order valence-electron chi connectivity index (χ2n) is 5.64. The second kappa shape index (κ2) is 10.4. The van der Waals surface area contributed by atoms with E-state index in [9.17, 15) is 10.1 Å². The van der Waals surface area contributed by atoms with Gasteiger partial charge in [0.1, 0.15) is 11.1 Å². The number of amides is 1. The Morgan fingerprint density at radius 3 is 2.85 bits per heavy atom. The van der Waals surface area contributed by atoms with Gasteiger partial charge in [0.05, 0.1) is 16.3 Å². The van der Waals surface area contributed by atoms with Crippen LogP contribution in [-0.2, 0) is 11.2 Å². The van der Waals surface area contributed by atoms with Crippen LogP contribution in [0, 0.1) is 11.3 Å². The van der Waals surface area contributed by atoms with Crippen LogP contribution in [0.2, 0.25) is 10.0 Å². The van der Waals surface area contributed by atoms with Crippen molar-refractivity contribution < 1.29 is 4.79 Å². The van der Waals surface area contributed by atoms with Gasteiger partial charge in [-0.05, 0) is 43.2 Å². The number of nitrogens with one attached hydrogen (secondary N) is 1. The molecule has 1 amide bonds. The minimum Gasteiger partial charge on any atom is -0.325 e. The summed E-state index contributed by atoms with van der Waals surface area (Å²) in [5.74, 6) is 0.352. The number of nitriles is 1. The lowest BCUT2D eigenvalue weighted by Gasteiger charge is -2.08. The molecule has 26 heavy (non-hydrogen) atoms. The molecule has 1 N–H and O–H groups in total. The molecule has 1 heterocycles. The van der Waals surface area contributed by atoms with Gasteiger partial charge in [-0.25, -0.2) is 4.98 Å². The minimum atomic E-state index is -0.165. The number of pyridine rings is 1. The third-order valence-electron chi connectivity index (χ3n) is 3.60. The van der Waals surface area contributed by atoms with Gasteiger partial charge in [0.2, 0.25) is 5.91 Å². The molecule has 0 aliphatic carbocycles. The van der Waals surface area contributed by atoms with Gasteiger partial charge in [-0.3, -0.25) is 4.79 Å². The molecule has 0 bridgehead atoms. The Labute approximate surface area is 167 Å². The number of unbranched alkanes of at least 4 members (excludes halogenated alkanes) is 1. The molecule has 0 saturated carbocycles. The Bertz CT molecular complexity index is 821. The van der Waals surface area contributed by atoms with Gasteiger partial charge in [0.25, 0.3) is 0 Å². The summed E-state index contributed by atoms with van der Waals surface area (Å²) in [6, 6.07) is 10.8. The molecule has 0 aliphatic rings. The molecule has 2 aromatic rings. The maximum absolute atomic E-state index is 12.1. The van der Waals surface area contributed by atoms with E-state index in [-0.39, 0.29) is 12.3 Å². The lowest BCUT2D eigenvalue weighted by molar-refractivity contribution is -0.115. The maximum atomic E-state index is 12.1. The van der Waals surface area contributed by atoms with Crippen LogP contribution in [0.4, 0.5) is 5.69 Å². The summed E-state index contributed by atoms with van der Waals surface area (Å²) in [5, 5.41) is 13.6. The maximum Gasteiger partial charge on any atom is 0.225 e. The summed E-state index contributed by atoms with van der Waals surface area (Å²) in [5.41, 5.74) is 2.00. The molecule has 7 heteroatoms. The number of hydrogen-bond donors (Lipinski definition) is 1. The highest BCUT2D eigenvalue weighted by Crippen LogP contribution is 2.26. The fourth-order valence-electron chi connectivity index (χ4n) is 2.22. The van der Waals surface area contributed by atoms with Gasteiger partial charge in [0, 0.05) is 22.9 Å². The highest BCUT2D eigenvalue weighted by molar-refractivity contribution is 7.99. The van der Waals surface area contributed by atoms with Crippen molar-refractivity contribution in [2.24, 2.45) is 0 Å². The van der Waals surface area contributed by atoms with Crippen LogP contribution in [0.15, 0.2) is 35.4 Å². The van der Waals surface area contributed by atoms with E-state index >= 15 is 0 Å². The highest BCUT2D eigenvalue weighted by Gasteiger charge is 2.10. The predicted molar refractivity (Wildman–Crippen MR) is 108 cm³/mol. The third kappa shape index (κ3) is 6.21. The van der Waals surface area contributed by atoms with E-state index in [1.54, 1.807) is 24.3 Å². The number of rotatable bonds is 8. The molecule has 2 rings (SSSR count). The molecule has 0 fully saturated rings. The van der Waals surface area contributed by atoms with E-state index in [4.69, 9.17) is 23.2 Å². The van der Waals surface area contributed by atoms with Crippen molar-refractivity contribution in [3.05, 3.63) is 51.6 Å². The molecule has 1 aromatic heterocycles. The third-order valence-corrected chi connectivity index (χ3v) is 5.15. The van der Waals surface area contributed by atoms with Crippen LogP contribution in [0.1, 0.15) is 37.4 Å². The fourth-order valence-corrected chi connectivity index (χ4v) is 3.49. The molecule has 0 unspecified atom stereocenters. The molecular formula is C19H19Cl2N3OS. The van der Waals surface area contributed by atoms with Gasteiger partial charge >= 0.3 is 0 Å². The Morgan fingerprint density at radius 1 is 1.31 bits per heavy atom. The molecule has 0 spiro atoms. The Hall–Kier alpha value is -1.74. The zero-order chi connectivity index (χ0) is 18.9. The first-order chi connectivity index (χ1) is 12.5. The molecule has 0 saturated heterocycles. The molecule has 1 aromatic carbocycles. The highest BCUT2D eigenvalue weighted by atomic mass is 35.5. The molecule has 4 nitrogen and oxygen atoms in total. The average Bonchev–Trinajstić information content (AvgIpc) is 2.63. The van der Waals surface area contributed by atoms with Crippen LogP contribution >= 0.6 is 35.0 Å². The van der Waals surface area contributed by atoms with Crippen molar-refractivity contribution in [3.63, 3.8) is 0 Å². The lowest BCUT2D eigenvalue weighted by Crippen LogP contribution is -2.12. The average molecular weight is 408 g/mol. The summed E-state index contributed by atoms with van der Waals surface area (Å²) < 4.78 is 0. The van der Waals surface area contributed by atoms with Crippen molar-refractivity contribution in [3.8, 4) is 6.07 Å². The number of benzene rings is 1. The number of nitrogens with zero attached hydrogens (tertiary/aromatic N) is 2. The molecular weight excluding hydrogens is 389 g/mol. The number of halogens is 2. The molecule has 0 atom stereocenters. The quantitative estimate of drug-likeness (QED) is 0.567.